The van der Waals surface area contributed by atoms with Crippen molar-refractivity contribution in [2.45, 2.75) is 25.9 Å². The Kier molecular flexibility index (Phi) is 3.79. The van der Waals surface area contributed by atoms with Crippen LogP contribution < -0.4 is 10.6 Å². The van der Waals surface area contributed by atoms with Gasteiger partial charge in [0.1, 0.15) is 0 Å². The first kappa shape index (κ1) is 12.5. The minimum atomic E-state index is -0.214. The summed E-state index contributed by atoms with van der Waals surface area (Å²) in [5, 5.41) is 10.3. The number of benzene rings is 1. The molecule has 94 valence electrons. The predicted octanol–water partition coefficient (Wildman–Crippen LogP) is 2.52. The van der Waals surface area contributed by atoms with E-state index in [1.165, 1.54) is 0 Å². The van der Waals surface area contributed by atoms with Gasteiger partial charge in [-0.1, -0.05) is 11.6 Å². The second kappa shape index (κ2) is 5.15. The molecule has 3 nitrogen and oxygen atoms in total. The van der Waals surface area contributed by atoms with E-state index in [1.807, 2.05) is 25.1 Å². The van der Waals surface area contributed by atoms with Crippen LogP contribution in [0.2, 0.25) is 5.02 Å². The summed E-state index contributed by atoms with van der Waals surface area (Å²) in [6.07, 6.45) is 1.79. The smallest absolute Gasteiger partial charge is 0.0614 e. The molecule has 1 atom stereocenters. The Morgan fingerprint density at radius 3 is 2.65 bits per heavy atom. The monoisotopic (exact) mass is 254 g/mol. The Morgan fingerprint density at radius 1 is 1.41 bits per heavy atom. The largest absolute Gasteiger partial charge is 0.397 e. The van der Waals surface area contributed by atoms with E-state index in [4.69, 9.17) is 17.3 Å². The number of anilines is 2. The van der Waals surface area contributed by atoms with Gasteiger partial charge in [-0.3, -0.25) is 0 Å². The molecule has 2 rings (SSSR count). The van der Waals surface area contributed by atoms with Crippen LogP contribution in [0.25, 0.3) is 0 Å². The fourth-order valence-electron chi connectivity index (χ4n) is 2.41. The lowest BCUT2D eigenvalue weighted by Gasteiger charge is -2.35. The summed E-state index contributed by atoms with van der Waals surface area (Å²) in [4.78, 5) is 2.25. The molecule has 0 amide bonds. The molecule has 4 heteroatoms. The van der Waals surface area contributed by atoms with Gasteiger partial charge in [0.05, 0.1) is 17.5 Å². The van der Waals surface area contributed by atoms with Crippen molar-refractivity contribution >= 4 is 23.0 Å². The number of hydrogen-bond acceptors (Lipinski definition) is 3. The lowest BCUT2D eigenvalue weighted by molar-refractivity contribution is 0.110. The molecule has 1 saturated heterocycles. The second-order valence-corrected chi connectivity index (χ2v) is 5.20. The highest BCUT2D eigenvalue weighted by Crippen LogP contribution is 2.31. The van der Waals surface area contributed by atoms with Gasteiger partial charge in [-0.05, 0) is 43.9 Å². The van der Waals surface area contributed by atoms with Crippen LogP contribution in [0.5, 0.6) is 0 Å². The third-order valence-corrected chi connectivity index (χ3v) is 3.79. The number of nitrogens with zero attached hydrogens (tertiary/aromatic N) is 1. The van der Waals surface area contributed by atoms with Crippen LogP contribution in [0.15, 0.2) is 18.2 Å². The van der Waals surface area contributed by atoms with Gasteiger partial charge in [-0.25, -0.2) is 0 Å². The van der Waals surface area contributed by atoms with Crippen LogP contribution in [-0.2, 0) is 0 Å². The second-order valence-electron chi connectivity index (χ2n) is 4.77. The molecule has 0 radical (unpaired) electrons. The predicted molar refractivity (Wildman–Crippen MR) is 72.5 cm³/mol. The van der Waals surface area contributed by atoms with Gasteiger partial charge in [0.25, 0.3) is 0 Å². The molecule has 0 aromatic heterocycles. The van der Waals surface area contributed by atoms with E-state index in [0.717, 1.165) is 37.3 Å². The average molecular weight is 255 g/mol. The van der Waals surface area contributed by atoms with Crippen LogP contribution in [0, 0.1) is 5.92 Å². The number of piperidine rings is 1. The summed E-state index contributed by atoms with van der Waals surface area (Å²) in [7, 11) is 0. The maximum atomic E-state index is 9.57. The van der Waals surface area contributed by atoms with Gasteiger partial charge in [0, 0.05) is 18.1 Å². The van der Waals surface area contributed by atoms with Crippen molar-refractivity contribution in [2.75, 3.05) is 23.7 Å². The minimum absolute atomic E-state index is 0.214. The van der Waals surface area contributed by atoms with Crippen LogP contribution in [-0.4, -0.2) is 24.3 Å². The van der Waals surface area contributed by atoms with Crippen LogP contribution >= 0.6 is 11.6 Å². The first-order valence-electron chi connectivity index (χ1n) is 6.06. The summed E-state index contributed by atoms with van der Waals surface area (Å²) in [5.41, 5.74) is 7.75. The average Bonchev–Trinajstić information content (AvgIpc) is 2.32. The molecule has 0 spiro atoms. The van der Waals surface area contributed by atoms with Gasteiger partial charge in [-0.2, -0.15) is 0 Å². The summed E-state index contributed by atoms with van der Waals surface area (Å²) in [5.74, 6) is 0.409. The highest BCUT2D eigenvalue weighted by Gasteiger charge is 2.23. The van der Waals surface area contributed by atoms with E-state index in [2.05, 4.69) is 4.90 Å². The molecule has 1 fully saturated rings. The molecule has 1 aromatic carbocycles. The van der Waals surface area contributed by atoms with E-state index >= 15 is 0 Å². The standard InChI is InChI=1S/C13H19ClN2O/c1-9(17)10-4-6-16(7-5-10)13-8-11(14)2-3-12(13)15/h2-3,8-10,17H,4-7,15H2,1H3. The van der Waals surface area contributed by atoms with Gasteiger partial charge >= 0.3 is 0 Å². The number of halogens is 1. The molecule has 3 N–H and O–H groups in total. The molecule has 17 heavy (non-hydrogen) atoms. The van der Waals surface area contributed by atoms with Crippen molar-refractivity contribution in [3.8, 4) is 0 Å². The van der Waals surface area contributed by atoms with E-state index in [9.17, 15) is 5.11 Å². The number of aliphatic hydroxyl groups excluding tert-OH is 1. The Morgan fingerprint density at radius 2 is 2.06 bits per heavy atom. The normalized spacial score (nSPS) is 19.4. The first-order chi connectivity index (χ1) is 8.08. The molecule has 1 heterocycles. The quantitative estimate of drug-likeness (QED) is 0.798. The van der Waals surface area contributed by atoms with Crippen LogP contribution in [0.1, 0.15) is 19.8 Å². The number of rotatable bonds is 2. The molecular formula is C13H19ClN2O. The molecule has 0 saturated carbocycles. The molecule has 1 aromatic rings. The number of nitrogens with two attached hydrogens (primary N) is 1. The van der Waals surface area contributed by atoms with Gasteiger partial charge in [0.2, 0.25) is 0 Å². The molecule has 0 aliphatic carbocycles. The van der Waals surface area contributed by atoms with E-state index in [-0.39, 0.29) is 6.10 Å². The van der Waals surface area contributed by atoms with Crippen molar-refractivity contribution in [1.29, 1.82) is 0 Å². The maximum absolute atomic E-state index is 9.57. The fourth-order valence-corrected chi connectivity index (χ4v) is 2.58. The van der Waals surface area contributed by atoms with Crippen LogP contribution in [0.3, 0.4) is 0 Å². The van der Waals surface area contributed by atoms with Gasteiger partial charge in [0.15, 0.2) is 0 Å². The van der Waals surface area contributed by atoms with E-state index < -0.39 is 0 Å². The summed E-state index contributed by atoms with van der Waals surface area (Å²) >= 11 is 5.99. The molecule has 0 bridgehead atoms. The zero-order valence-electron chi connectivity index (χ0n) is 10.1. The van der Waals surface area contributed by atoms with Gasteiger partial charge in [-0.15, -0.1) is 0 Å². The Bertz CT molecular complexity index is 387. The zero-order chi connectivity index (χ0) is 12.4. The lowest BCUT2D eigenvalue weighted by Crippen LogP contribution is -2.37. The topological polar surface area (TPSA) is 49.5 Å². The maximum Gasteiger partial charge on any atom is 0.0614 e. The van der Waals surface area contributed by atoms with E-state index in [1.54, 1.807) is 0 Å². The Hall–Kier alpha value is -0.930. The van der Waals surface area contributed by atoms with Crippen molar-refractivity contribution in [2.24, 2.45) is 5.92 Å². The summed E-state index contributed by atoms with van der Waals surface area (Å²) < 4.78 is 0. The van der Waals surface area contributed by atoms with E-state index in [0.29, 0.717) is 10.9 Å². The van der Waals surface area contributed by atoms with Crippen LogP contribution in [0.4, 0.5) is 11.4 Å². The third-order valence-electron chi connectivity index (χ3n) is 3.56. The lowest BCUT2D eigenvalue weighted by atomic mass is 9.92. The zero-order valence-corrected chi connectivity index (χ0v) is 10.8. The molecule has 1 aliphatic rings. The number of hydrogen-bond donors (Lipinski definition) is 2. The van der Waals surface area contributed by atoms with Crippen molar-refractivity contribution < 1.29 is 5.11 Å². The SMILES string of the molecule is CC(O)C1CCN(c2cc(Cl)ccc2N)CC1. The molecular weight excluding hydrogens is 236 g/mol. The Balaban J connectivity index is 2.07. The van der Waals surface area contributed by atoms with Crippen molar-refractivity contribution in [3.63, 3.8) is 0 Å². The summed E-state index contributed by atoms with van der Waals surface area (Å²) in [6.45, 7) is 3.73. The number of aliphatic hydroxyl groups is 1. The Labute approximate surface area is 107 Å². The van der Waals surface area contributed by atoms with Gasteiger partial charge < -0.3 is 15.7 Å². The van der Waals surface area contributed by atoms with Crippen molar-refractivity contribution in [3.05, 3.63) is 23.2 Å². The number of nitrogen functional groups attached to an aromatic ring is 1. The highest BCUT2D eigenvalue weighted by atomic mass is 35.5. The minimum Gasteiger partial charge on any atom is -0.397 e. The third kappa shape index (κ3) is 2.85. The molecule has 1 unspecified atom stereocenters. The van der Waals surface area contributed by atoms with Crippen molar-refractivity contribution in [1.82, 2.24) is 0 Å². The highest BCUT2D eigenvalue weighted by molar-refractivity contribution is 6.31. The molecule has 1 aliphatic heterocycles. The first-order valence-corrected chi connectivity index (χ1v) is 6.44. The summed E-state index contributed by atoms with van der Waals surface area (Å²) in [6, 6.07) is 5.57. The fraction of sp³-hybridized carbons (Fsp3) is 0.538.